The maximum Gasteiger partial charge on any atom is 0.472 e. The average molecular weight is 816 g/mol. The Balaban J connectivity index is 4.24. The summed E-state index contributed by atoms with van der Waals surface area (Å²) < 4.78 is 23.6. The van der Waals surface area contributed by atoms with Gasteiger partial charge in [-0.2, -0.15) is 0 Å². The van der Waals surface area contributed by atoms with Gasteiger partial charge in [0.15, 0.2) is 0 Å². The monoisotopic (exact) mass is 816 g/mol. The van der Waals surface area contributed by atoms with Gasteiger partial charge in [-0.3, -0.25) is 13.8 Å². The molecule has 0 aliphatic rings. The number of carbonyl (C=O) groups is 1. The van der Waals surface area contributed by atoms with Crippen molar-refractivity contribution in [3.63, 3.8) is 0 Å². The molecule has 0 saturated heterocycles. The first-order valence-electron chi connectivity index (χ1n) is 24.0. The number of nitrogens with zero attached hydrogens (tertiary/aromatic N) is 1. The first-order chi connectivity index (χ1) is 26.9. The summed E-state index contributed by atoms with van der Waals surface area (Å²) in [7, 11) is 1.58. The van der Waals surface area contributed by atoms with Crippen LogP contribution in [0.3, 0.4) is 0 Å². The molecule has 9 heteroatoms. The van der Waals surface area contributed by atoms with Crippen molar-refractivity contribution >= 4 is 13.7 Å². The largest absolute Gasteiger partial charge is 0.472 e. The molecular formula is C47H96N2O6P+. The molecule has 0 fully saturated rings. The minimum Gasteiger partial charge on any atom is -0.387 e. The van der Waals surface area contributed by atoms with Gasteiger partial charge in [-0.1, -0.05) is 213 Å². The van der Waals surface area contributed by atoms with Gasteiger partial charge in [-0.25, -0.2) is 4.57 Å². The van der Waals surface area contributed by atoms with E-state index in [1.165, 1.54) is 161 Å². The minimum absolute atomic E-state index is 0.0636. The van der Waals surface area contributed by atoms with E-state index >= 15 is 0 Å². The second-order valence-corrected chi connectivity index (χ2v) is 19.5. The number of nitrogens with one attached hydrogen (secondary N) is 1. The zero-order valence-electron chi connectivity index (χ0n) is 38.1. The molecule has 0 bridgehead atoms. The summed E-state index contributed by atoms with van der Waals surface area (Å²) in [6, 6.07) is -0.841. The van der Waals surface area contributed by atoms with Crippen LogP contribution in [-0.2, 0) is 18.4 Å². The smallest absolute Gasteiger partial charge is 0.387 e. The highest BCUT2D eigenvalue weighted by Gasteiger charge is 2.27. The van der Waals surface area contributed by atoms with Crippen LogP contribution in [0.15, 0.2) is 12.2 Å². The lowest BCUT2D eigenvalue weighted by molar-refractivity contribution is -0.870. The molecule has 0 saturated carbocycles. The summed E-state index contributed by atoms with van der Waals surface area (Å²) in [6.07, 6.45) is 42.9. The van der Waals surface area contributed by atoms with Crippen LogP contribution < -0.4 is 5.32 Å². The number of phosphoric acid groups is 1. The van der Waals surface area contributed by atoms with Crippen LogP contribution in [0.25, 0.3) is 0 Å². The number of unbranched alkanes of at least 4 members (excludes halogenated alkanes) is 27. The zero-order chi connectivity index (χ0) is 41.6. The summed E-state index contributed by atoms with van der Waals surface area (Å²) >= 11 is 0. The number of carbonyl (C=O) groups excluding carboxylic acids is 1. The fourth-order valence-corrected chi connectivity index (χ4v) is 7.81. The highest BCUT2D eigenvalue weighted by molar-refractivity contribution is 7.47. The van der Waals surface area contributed by atoms with Crippen LogP contribution in [0.2, 0.25) is 0 Å². The molecule has 8 nitrogen and oxygen atoms in total. The molecule has 4 atom stereocenters. The van der Waals surface area contributed by atoms with E-state index < -0.39 is 20.0 Å². The number of aliphatic hydroxyl groups is 1. The number of hydrogen-bond acceptors (Lipinski definition) is 5. The Morgan fingerprint density at radius 1 is 0.661 bits per heavy atom. The second-order valence-electron chi connectivity index (χ2n) is 18.1. The number of allylic oxidation sites excluding steroid dienone is 1. The number of hydrogen-bond donors (Lipinski definition) is 3. The molecule has 0 aromatic carbocycles. The van der Waals surface area contributed by atoms with E-state index in [0.29, 0.717) is 17.4 Å². The van der Waals surface area contributed by atoms with E-state index in [0.717, 1.165) is 44.4 Å². The Labute approximate surface area is 348 Å². The van der Waals surface area contributed by atoms with Gasteiger partial charge in [-0.15, -0.1) is 0 Å². The van der Waals surface area contributed by atoms with Gasteiger partial charge in [-0.05, 0) is 25.2 Å². The molecule has 0 aliphatic carbocycles. The lowest BCUT2D eigenvalue weighted by Crippen LogP contribution is -2.45. The highest BCUT2D eigenvalue weighted by Crippen LogP contribution is 2.43. The standard InChI is InChI=1S/C47H95N2O6P/c1-7-9-10-11-12-13-14-15-16-17-18-19-20-21-22-23-24-25-26-31-34-37-40-47(51)48-45(43-55-56(52,53)54-42-41-49(4,5)6)46(50)39-36-33-30-28-27-29-32-35-38-44(3)8-2/h36,39,44-46,50H,7-35,37-38,40-43H2,1-6H3,(H-,48,51,52,53)/p+1/b39-36+/t44?,45-,46+/m0/s1. The summed E-state index contributed by atoms with van der Waals surface area (Å²) in [5.41, 5.74) is 0. The number of aliphatic hydroxyl groups excluding tert-OH is 1. The molecule has 0 aliphatic heterocycles. The van der Waals surface area contributed by atoms with Crippen molar-refractivity contribution in [2.75, 3.05) is 40.9 Å². The number of likely N-dealkylation sites (N-methyl/N-ethyl adjacent to an activating group) is 1. The zero-order valence-corrected chi connectivity index (χ0v) is 39.0. The molecule has 0 rings (SSSR count). The third-order valence-corrected chi connectivity index (χ3v) is 12.3. The van der Waals surface area contributed by atoms with Gasteiger partial charge in [0.2, 0.25) is 5.91 Å². The van der Waals surface area contributed by atoms with Gasteiger partial charge in [0, 0.05) is 6.42 Å². The minimum atomic E-state index is -4.33. The maximum absolute atomic E-state index is 12.9. The topological polar surface area (TPSA) is 105 Å². The summed E-state index contributed by atoms with van der Waals surface area (Å²) in [5.74, 6) is 0.652. The van der Waals surface area contributed by atoms with E-state index in [9.17, 15) is 19.4 Å². The van der Waals surface area contributed by atoms with Crippen molar-refractivity contribution in [1.82, 2.24) is 5.32 Å². The Hall–Kier alpha value is -0.760. The predicted molar refractivity (Wildman–Crippen MR) is 240 cm³/mol. The summed E-state index contributed by atoms with van der Waals surface area (Å²) in [4.78, 5) is 23.1. The first-order valence-corrected chi connectivity index (χ1v) is 25.5. The van der Waals surface area contributed by atoms with Crippen molar-refractivity contribution < 1.29 is 32.9 Å². The quantitative estimate of drug-likeness (QED) is 0.0245. The third-order valence-electron chi connectivity index (χ3n) is 11.3. The van der Waals surface area contributed by atoms with Crippen LogP contribution in [-0.4, -0.2) is 73.4 Å². The SMILES string of the molecule is CCCCCCCCCCCCCCCCCCCCCCCCC(=O)N[C@@H](COP(=O)(O)OCC[N+](C)(C)C)[C@H](O)/C=C/CCCCCCCCC(C)CC. The number of amides is 1. The van der Waals surface area contributed by atoms with Gasteiger partial charge in [0.25, 0.3) is 0 Å². The summed E-state index contributed by atoms with van der Waals surface area (Å²) in [6.45, 7) is 7.17. The van der Waals surface area contributed by atoms with Crippen molar-refractivity contribution in [1.29, 1.82) is 0 Å². The Morgan fingerprint density at radius 3 is 1.54 bits per heavy atom. The maximum atomic E-state index is 12.9. The highest BCUT2D eigenvalue weighted by atomic mass is 31.2. The molecule has 0 aromatic heterocycles. The molecule has 0 aromatic rings. The van der Waals surface area contributed by atoms with Crippen molar-refractivity contribution in [2.24, 2.45) is 5.92 Å². The Kier molecular flexibility index (Phi) is 37.9. The van der Waals surface area contributed by atoms with Gasteiger partial charge < -0.3 is 19.8 Å². The van der Waals surface area contributed by atoms with E-state index in [1.807, 2.05) is 27.2 Å². The van der Waals surface area contributed by atoms with E-state index in [2.05, 4.69) is 26.1 Å². The lowest BCUT2D eigenvalue weighted by Gasteiger charge is -2.25. The van der Waals surface area contributed by atoms with E-state index in [1.54, 1.807) is 6.08 Å². The number of rotatable bonds is 43. The average Bonchev–Trinajstić information content (AvgIpc) is 3.15. The predicted octanol–water partition coefficient (Wildman–Crippen LogP) is 13.4. The van der Waals surface area contributed by atoms with Crippen LogP contribution in [0.5, 0.6) is 0 Å². The van der Waals surface area contributed by atoms with Crippen LogP contribution in [0, 0.1) is 5.92 Å². The fraction of sp³-hybridized carbons (Fsp3) is 0.936. The number of phosphoric ester groups is 1. The molecule has 0 spiro atoms. The molecule has 0 heterocycles. The van der Waals surface area contributed by atoms with Crippen molar-refractivity contribution in [3.05, 3.63) is 12.2 Å². The fourth-order valence-electron chi connectivity index (χ4n) is 7.08. The van der Waals surface area contributed by atoms with Gasteiger partial charge >= 0.3 is 7.82 Å². The van der Waals surface area contributed by atoms with Crippen LogP contribution >= 0.6 is 7.82 Å². The van der Waals surface area contributed by atoms with E-state index in [4.69, 9.17) is 9.05 Å². The number of quaternary nitrogens is 1. The molecule has 334 valence electrons. The molecule has 1 amide bonds. The first kappa shape index (κ1) is 55.2. The molecule has 0 radical (unpaired) electrons. The summed E-state index contributed by atoms with van der Waals surface area (Å²) in [5, 5.41) is 13.8. The Morgan fingerprint density at radius 2 is 1.09 bits per heavy atom. The molecule has 3 N–H and O–H groups in total. The van der Waals surface area contributed by atoms with Crippen molar-refractivity contribution in [2.45, 2.75) is 238 Å². The van der Waals surface area contributed by atoms with Crippen LogP contribution in [0.1, 0.15) is 226 Å². The van der Waals surface area contributed by atoms with E-state index in [-0.39, 0.29) is 19.1 Å². The second kappa shape index (κ2) is 38.4. The third kappa shape index (κ3) is 40.0. The Bertz CT molecular complexity index is 942. The van der Waals surface area contributed by atoms with Crippen LogP contribution in [0.4, 0.5) is 0 Å². The van der Waals surface area contributed by atoms with Gasteiger partial charge in [0.1, 0.15) is 13.2 Å². The molecule has 56 heavy (non-hydrogen) atoms. The molecule has 2 unspecified atom stereocenters. The van der Waals surface area contributed by atoms with Crippen molar-refractivity contribution in [3.8, 4) is 0 Å². The normalized spacial score (nSPS) is 14.9. The van der Waals surface area contributed by atoms with Gasteiger partial charge in [0.05, 0.1) is 39.9 Å². The lowest BCUT2D eigenvalue weighted by atomic mass is 10.00. The molecular weight excluding hydrogens is 719 g/mol.